The number of hydrogen-bond acceptors (Lipinski definition) is 3. The van der Waals surface area contributed by atoms with Crippen LogP contribution in [-0.2, 0) is 17.8 Å². The van der Waals surface area contributed by atoms with Gasteiger partial charge in [-0.3, -0.25) is 4.79 Å². The minimum absolute atomic E-state index is 0.311. The number of H-pyrrole nitrogens is 1. The number of benzene rings is 2. The van der Waals surface area contributed by atoms with Crippen LogP contribution in [0.1, 0.15) is 16.8 Å². The minimum atomic E-state index is -0.519. The maximum atomic E-state index is 12.0. The van der Waals surface area contributed by atoms with E-state index in [9.17, 15) is 15.2 Å². The second-order valence-electron chi connectivity index (χ2n) is 6.43. The number of carbonyl (C=O) groups excluding carboxylic acids is 1. The maximum Gasteiger partial charge on any atom is 0.248 e. The van der Waals surface area contributed by atoms with Crippen LogP contribution < -0.4 is 0 Å². The number of nitrogens with zero attached hydrogens (tertiary/aromatic N) is 2. The predicted octanol–water partition coefficient (Wildman–Crippen LogP) is 3.89. The smallest absolute Gasteiger partial charge is 0.248 e. The lowest BCUT2D eigenvalue weighted by Gasteiger charge is -2.27. The summed E-state index contributed by atoms with van der Waals surface area (Å²) in [6.07, 6.45) is 0.628. The van der Waals surface area contributed by atoms with Crippen molar-refractivity contribution in [3.05, 3.63) is 57.2 Å². The largest absolute Gasteiger partial charge is 0.387 e. The van der Waals surface area contributed by atoms with Gasteiger partial charge in [-0.25, -0.2) is 0 Å². The number of nitrogens with one attached hydrogen (secondary N) is 1. The molecule has 0 unspecified atom stereocenters. The third-order valence-corrected chi connectivity index (χ3v) is 5.76. The Hall–Kier alpha value is -2.52. The van der Waals surface area contributed by atoms with Gasteiger partial charge in [0.05, 0.1) is 27.2 Å². The van der Waals surface area contributed by atoms with Crippen molar-refractivity contribution in [1.29, 1.82) is 5.26 Å². The lowest BCUT2D eigenvalue weighted by Crippen LogP contribution is -2.37. The molecule has 7 heteroatoms. The van der Waals surface area contributed by atoms with Crippen LogP contribution >= 0.6 is 23.2 Å². The van der Waals surface area contributed by atoms with Crippen LogP contribution in [-0.4, -0.2) is 34.0 Å². The lowest BCUT2D eigenvalue weighted by atomic mass is 9.93. The van der Waals surface area contributed by atoms with Gasteiger partial charge in [0, 0.05) is 41.7 Å². The van der Waals surface area contributed by atoms with Crippen LogP contribution in [0.5, 0.6) is 0 Å². The Bertz CT molecular complexity index is 1110. The SMILES string of the molecule is N#Cc1ccccc1-c1cc(Cl)c(Cl)c2[nH]c3c(c12)CN(C(=O)CO)CC3. The number of aliphatic hydroxyl groups is 1. The van der Waals surface area contributed by atoms with Crippen LogP contribution in [0.2, 0.25) is 10.0 Å². The molecule has 0 fully saturated rings. The summed E-state index contributed by atoms with van der Waals surface area (Å²) < 4.78 is 0. The number of hydrogen-bond donors (Lipinski definition) is 2. The van der Waals surface area contributed by atoms with Crippen molar-refractivity contribution in [2.24, 2.45) is 0 Å². The number of carbonyl (C=O) groups is 1. The molecule has 27 heavy (non-hydrogen) atoms. The monoisotopic (exact) mass is 399 g/mol. The van der Waals surface area contributed by atoms with E-state index < -0.39 is 6.61 Å². The molecular weight excluding hydrogens is 385 g/mol. The molecule has 0 spiro atoms. The van der Waals surface area contributed by atoms with Gasteiger partial charge in [0.2, 0.25) is 5.91 Å². The lowest BCUT2D eigenvalue weighted by molar-refractivity contribution is -0.135. The molecule has 4 rings (SSSR count). The van der Waals surface area contributed by atoms with Crippen LogP contribution in [0.4, 0.5) is 0 Å². The van der Waals surface area contributed by atoms with E-state index in [0.717, 1.165) is 27.8 Å². The van der Waals surface area contributed by atoms with Crippen LogP contribution in [0.15, 0.2) is 30.3 Å². The van der Waals surface area contributed by atoms with Gasteiger partial charge in [0.25, 0.3) is 0 Å². The summed E-state index contributed by atoms with van der Waals surface area (Å²) in [5.74, 6) is -0.311. The Morgan fingerprint density at radius 1 is 1.30 bits per heavy atom. The van der Waals surface area contributed by atoms with Gasteiger partial charge in [-0.15, -0.1) is 0 Å². The molecule has 1 aromatic heterocycles. The zero-order valence-electron chi connectivity index (χ0n) is 14.2. The van der Waals surface area contributed by atoms with Crippen molar-refractivity contribution >= 4 is 40.0 Å². The van der Waals surface area contributed by atoms with Crippen molar-refractivity contribution in [2.45, 2.75) is 13.0 Å². The van der Waals surface area contributed by atoms with E-state index >= 15 is 0 Å². The van der Waals surface area contributed by atoms with Crippen molar-refractivity contribution < 1.29 is 9.90 Å². The Balaban J connectivity index is 2.01. The number of fused-ring (bicyclic) bond motifs is 3. The molecule has 1 aliphatic rings. The fourth-order valence-electron chi connectivity index (χ4n) is 3.68. The molecule has 0 atom stereocenters. The molecule has 1 aliphatic heterocycles. The Morgan fingerprint density at radius 2 is 2.07 bits per heavy atom. The van der Waals surface area contributed by atoms with E-state index in [4.69, 9.17) is 23.2 Å². The normalized spacial score (nSPS) is 13.5. The average Bonchev–Trinajstić information content (AvgIpc) is 3.09. The van der Waals surface area contributed by atoms with Crippen molar-refractivity contribution in [2.75, 3.05) is 13.2 Å². The van der Waals surface area contributed by atoms with Gasteiger partial charge < -0.3 is 15.0 Å². The van der Waals surface area contributed by atoms with Gasteiger partial charge in [-0.05, 0) is 17.7 Å². The van der Waals surface area contributed by atoms with Gasteiger partial charge in [-0.1, -0.05) is 41.4 Å². The van der Waals surface area contributed by atoms with Gasteiger partial charge >= 0.3 is 0 Å². The summed E-state index contributed by atoms with van der Waals surface area (Å²) in [6.45, 7) is 0.373. The van der Waals surface area contributed by atoms with Crippen molar-refractivity contribution in [1.82, 2.24) is 9.88 Å². The summed E-state index contributed by atoms with van der Waals surface area (Å²) in [4.78, 5) is 17.0. The molecule has 2 N–H and O–H groups in total. The molecule has 3 aromatic rings. The third kappa shape index (κ3) is 2.87. The Kier molecular flexibility index (Phi) is 4.56. The van der Waals surface area contributed by atoms with Gasteiger partial charge in [-0.2, -0.15) is 5.26 Å². The third-order valence-electron chi connectivity index (χ3n) is 4.97. The highest BCUT2D eigenvalue weighted by molar-refractivity contribution is 6.45. The van der Waals surface area contributed by atoms with Crippen LogP contribution in [0, 0.1) is 11.3 Å². The topological polar surface area (TPSA) is 80.1 Å². The number of aromatic nitrogens is 1. The molecule has 0 saturated carbocycles. The zero-order chi connectivity index (χ0) is 19.1. The van der Waals surface area contributed by atoms with Gasteiger partial charge in [0.1, 0.15) is 6.61 Å². The first-order valence-electron chi connectivity index (χ1n) is 8.44. The second kappa shape index (κ2) is 6.90. The maximum absolute atomic E-state index is 12.0. The molecule has 2 heterocycles. The summed E-state index contributed by atoms with van der Waals surface area (Å²) >= 11 is 12.8. The van der Waals surface area contributed by atoms with E-state index in [1.54, 1.807) is 17.0 Å². The minimum Gasteiger partial charge on any atom is -0.387 e. The fraction of sp³-hybridized carbons (Fsp3) is 0.200. The first kappa shape index (κ1) is 17.9. The number of amides is 1. The van der Waals surface area contributed by atoms with E-state index in [-0.39, 0.29) is 5.91 Å². The summed E-state index contributed by atoms with van der Waals surface area (Å²) in [5.41, 5.74) is 4.73. The Morgan fingerprint density at radius 3 is 2.81 bits per heavy atom. The molecular formula is C20H15Cl2N3O2. The van der Waals surface area contributed by atoms with Crippen molar-refractivity contribution in [3.8, 4) is 17.2 Å². The van der Waals surface area contributed by atoms with Crippen molar-refractivity contribution in [3.63, 3.8) is 0 Å². The number of nitriles is 1. The molecule has 1 amide bonds. The number of aliphatic hydroxyl groups excluding tert-OH is 1. The number of halogens is 2. The molecule has 0 saturated heterocycles. The number of rotatable bonds is 2. The van der Waals surface area contributed by atoms with E-state index in [0.29, 0.717) is 40.6 Å². The quantitative estimate of drug-likeness (QED) is 0.685. The summed E-state index contributed by atoms with van der Waals surface area (Å²) in [7, 11) is 0. The van der Waals surface area contributed by atoms with E-state index in [1.165, 1.54) is 0 Å². The number of aromatic amines is 1. The highest BCUT2D eigenvalue weighted by Crippen LogP contribution is 2.42. The van der Waals surface area contributed by atoms with E-state index in [2.05, 4.69) is 11.1 Å². The predicted molar refractivity (Wildman–Crippen MR) is 105 cm³/mol. The Labute approximate surface area is 165 Å². The summed E-state index contributed by atoms with van der Waals surface area (Å²) in [6, 6.07) is 11.3. The molecule has 0 bridgehead atoms. The average molecular weight is 400 g/mol. The molecule has 136 valence electrons. The van der Waals surface area contributed by atoms with E-state index in [1.807, 2.05) is 18.2 Å². The highest BCUT2D eigenvalue weighted by Gasteiger charge is 2.27. The first-order chi connectivity index (χ1) is 13.0. The molecule has 5 nitrogen and oxygen atoms in total. The summed E-state index contributed by atoms with van der Waals surface area (Å²) in [5, 5.41) is 20.4. The van der Waals surface area contributed by atoms with Gasteiger partial charge in [0.15, 0.2) is 0 Å². The first-order valence-corrected chi connectivity index (χ1v) is 9.20. The standard InChI is InChI=1S/C20H15Cl2N3O2/c21-15-7-13(12-4-2-1-3-11(12)8-23)18-14-9-25(17(27)10-26)6-5-16(14)24-20(18)19(15)22/h1-4,7,24,26H,5-6,9-10H2. The second-order valence-corrected chi connectivity index (χ2v) is 7.22. The zero-order valence-corrected chi connectivity index (χ0v) is 15.7. The molecule has 2 aromatic carbocycles. The fourth-order valence-corrected chi connectivity index (χ4v) is 4.08. The molecule has 0 radical (unpaired) electrons. The highest BCUT2D eigenvalue weighted by atomic mass is 35.5. The molecule has 0 aliphatic carbocycles. The van der Waals surface area contributed by atoms with Crippen LogP contribution in [0.3, 0.4) is 0 Å². The van der Waals surface area contributed by atoms with Crippen LogP contribution in [0.25, 0.3) is 22.0 Å².